The van der Waals surface area contributed by atoms with Crippen LogP contribution in [0.25, 0.3) is 11.0 Å². The molecule has 7 nitrogen and oxygen atoms in total. The van der Waals surface area contributed by atoms with Gasteiger partial charge in [0.15, 0.2) is 16.4 Å². The van der Waals surface area contributed by atoms with Crippen molar-refractivity contribution >= 4 is 32.7 Å². The maximum atomic E-state index is 12.9. The van der Waals surface area contributed by atoms with Crippen molar-refractivity contribution in [3.63, 3.8) is 0 Å². The highest BCUT2D eigenvalue weighted by Gasteiger charge is 2.39. The fourth-order valence-corrected chi connectivity index (χ4v) is 6.23. The summed E-state index contributed by atoms with van der Waals surface area (Å²) in [6.07, 6.45) is 4.21. The largest absolute Gasteiger partial charge is 0.450 e. The lowest BCUT2D eigenvalue weighted by Gasteiger charge is -2.33. The van der Waals surface area contributed by atoms with Gasteiger partial charge in [-0.1, -0.05) is 31.0 Å². The van der Waals surface area contributed by atoms with E-state index in [9.17, 15) is 18.0 Å². The quantitative estimate of drug-likeness (QED) is 0.692. The second-order valence-electron chi connectivity index (χ2n) is 7.92. The SMILES string of the molecule is Cc1c(C(=O)OCC(=O)N(C2CCCC2)[C@@H]2CCS(=O)(=O)C2)oc2ccccc12. The number of carbonyl (C=O) groups is 2. The molecule has 1 aromatic carbocycles. The minimum Gasteiger partial charge on any atom is -0.450 e. The topological polar surface area (TPSA) is 93.9 Å². The molecule has 0 unspecified atom stereocenters. The number of carbonyl (C=O) groups excluding carboxylic acids is 2. The van der Waals surface area contributed by atoms with Gasteiger partial charge in [-0.05, 0) is 32.3 Å². The molecule has 1 aliphatic heterocycles. The molecule has 2 fully saturated rings. The molecule has 0 radical (unpaired) electrons. The van der Waals surface area contributed by atoms with Crippen molar-refractivity contribution in [2.45, 2.75) is 51.1 Å². The first kappa shape index (κ1) is 19.9. The number of aryl methyl sites for hydroxylation is 1. The summed E-state index contributed by atoms with van der Waals surface area (Å²) in [6, 6.07) is 7.00. The van der Waals surface area contributed by atoms with Gasteiger partial charge >= 0.3 is 5.97 Å². The van der Waals surface area contributed by atoms with Crippen molar-refractivity contribution in [3.8, 4) is 0 Å². The molecule has 2 heterocycles. The smallest absolute Gasteiger partial charge is 0.375 e. The number of rotatable bonds is 5. The van der Waals surface area contributed by atoms with E-state index in [1.807, 2.05) is 18.2 Å². The number of furan rings is 1. The molecule has 0 spiro atoms. The number of para-hydroxylation sites is 1. The molecule has 0 N–H and O–H groups in total. The first-order valence-electron chi connectivity index (χ1n) is 10.0. The van der Waals surface area contributed by atoms with Crippen molar-refractivity contribution in [3.05, 3.63) is 35.6 Å². The molecule has 156 valence electrons. The van der Waals surface area contributed by atoms with Crippen molar-refractivity contribution in [1.82, 2.24) is 4.90 Å². The van der Waals surface area contributed by atoms with Crippen LogP contribution in [0.2, 0.25) is 0 Å². The van der Waals surface area contributed by atoms with Gasteiger partial charge in [0.25, 0.3) is 5.91 Å². The Kier molecular flexibility index (Phi) is 5.38. The van der Waals surface area contributed by atoms with Gasteiger partial charge in [-0.2, -0.15) is 0 Å². The van der Waals surface area contributed by atoms with Gasteiger partial charge in [0.1, 0.15) is 5.58 Å². The first-order valence-corrected chi connectivity index (χ1v) is 11.8. The molecule has 1 amide bonds. The molecule has 29 heavy (non-hydrogen) atoms. The highest BCUT2D eigenvalue weighted by atomic mass is 32.2. The summed E-state index contributed by atoms with van der Waals surface area (Å²) < 4.78 is 34.7. The average molecular weight is 419 g/mol. The van der Waals surface area contributed by atoms with Crippen LogP contribution >= 0.6 is 0 Å². The lowest BCUT2D eigenvalue weighted by molar-refractivity contribution is -0.139. The number of benzene rings is 1. The summed E-state index contributed by atoms with van der Waals surface area (Å²) in [5.41, 5.74) is 1.26. The minimum atomic E-state index is -3.11. The Labute approximate surface area is 169 Å². The molecule has 4 rings (SSSR count). The van der Waals surface area contributed by atoms with Gasteiger partial charge in [-0.3, -0.25) is 4.79 Å². The van der Waals surface area contributed by atoms with Crippen LogP contribution in [0.3, 0.4) is 0 Å². The number of esters is 1. The highest BCUT2D eigenvalue weighted by molar-refractivity contribution is 7.91. The third-order valence-corrected chi connectivity index (χ3v) is 7.71. The normalized spacial score (nSPS) is 21.5. The fraction of sp³-hybridized carbons (Fsp3) is 0.524. The standard InChI is InChI=1S/C21H25NO6S/c1-14-17-8-4-5-9-18(17)28-20(14)21(24)27-12-19(23)22(15-6-2-3-7-15)16-10-11-29(25,26)13-16/h4-5,8-9,15-16H,2-3,6-7,10-13H2,1H3/t16-/m1/s1. The van der Waals surface area contributed by atoms with E-state index in [0.717, 1.165) is 31.1 Å². The second-order valence-corrected chi connectivity index (χ2v) is 10.2. The Hall–Kier alpha value is -2.35. The maximum absolute atomic E-state index is 12.9. The van der Waals surface area contributed by atoms with Crippen molar-refractivity contribution < 1.29 is 27.2 Å². The van der Waals surface area contributed by atoms with E-state index in [0.29, 0.717) is 17.6 Å². The molecule has 8 heteroatoms. The van der Waals surface area contributed by atoms with E-state index in [4.69, 9.17) is 9.15 Å². The molecule has 1 aliphatic carbocycles. The Morgan fingerprint density at radius 3 is 2.52 bits per heavy atom. The van der Waals surface area contributed by atoms with Gasteiger partial charge in [-0.15, -0.1) is 0 Å². The van der Waals surface area contributed by atoms with Crippen molar-refractivity contribution in [2.24, 2.45) is 0 Å². The molecule has 1 saturated carbocycles. The van der Waals surface area contributed by atoms with Crippen LogP contribution in [0.5, 0.6) is 0 Å². The molecule has 1 aromatic heterocycles. The van der Waals surface area contributed by atoms with Crippen molar-refractivity contribution in [1.29, 1.82) is 0 Å². The number of fused-ring (bicyclic) bond motifs is 1. The molecule has 0 bridgehead atoms. The van der Waals surface area contributed by atoms with Crippen LogP contribution in [-0.4, -0.2) is 55.4 Å². The van der Waals surface area contributed by atoms with E-state index in [1.54, 1.807) is 17.9 Å². The van der Waals surface area contributed by atoms with Crippen molar-refractivity contribution in [2.75, 3.05) is 18.1 Å². The molecule has 2 aliphatic rings. The van der Waals surface area contributed by atoms with Gasteiger partial charge < -0.3 is 14.1 Å². The summed E-state index contributed by atoms with van der Waals surface area (Å²) in [4.78, 5) is 27.1. The van der Waals surface area contributed by atoms with Crippen LogP contribution in [0.4, 0.5) is 0 Å². The first-order chi connectivity index (χ1) is 13.9. The molecule has 2 aromatic rings. The van der Waals surface area contributed by atoms with Crippen LogP contribution < -0.4 is 0 Å². The van der Waals surface area contributed by atoms with Gasteiger partial charge in [0, 0.05) is 23.0 Å². The number of sulfone groups is 1. The van der Waals surface area contributed by atoms with Gasteiger partial charge in [0.05, 0.1) is 11.5 Å². The Morgan fingerprint density at radius 2 is 1.86 bits per heavy atom. The summed E-state index contributed by atoms with van der Waals surface area (Å²) in [5.74, 6) is -0.828. The fourth-order valence-electron chi connectivity index (χ4n) is 4.52. The lowest BCUT2D eigenvalue weighted by atomic mass is 10.1. The summed E-state index contributed by atoms with van der Waals surface area (Å²) in [5, 5.41) is 0.828. The zero-order valence-electron chi connectivity index (χ0n) is 16.4. The van der Waals surface area contributed by atoms with Gasteiger partial charge in [0.2, 0.25) is 5.76 Å². The molecule has 1 saturated heterocycles. The average Bonchev–Trinajstić information content (AvgIpc) is 3.41. The summed E-state index contributed by atoms with van der Waals surface area (Å²) in [6.45, 7) is 1.36. The Balaban J connectivity index is 1.47. The predicted molar refractivity (Wildman–Crippen MR) is 107 cm³/mol. The van der Waals surface area contributed by atoms with E-state index < -0.39 is 22.4 Å². The zero-order valence-corrected chi connectivity index (χ0v) is 17.2. The predicted octanol–water partition coefficient (Wildman–Crippen LogP) is 2.86. The van der Waals surface area contributed by atoms with Crippen LogP contribution in [0.15, 0.2) is 28.7 Å². The maximum Gasteiger partial charge on any atom is 0.375 e. The summed E-state index contributed by atoms with van der Waals surface area (Å²) in [7, 11) is -3.11. The molecular weight excluding hydrogens is 394 g/mol. The van der Waals surface area contributed by atoms with Crippen LogP contribution in [-0.2, 0) is 19.4 Å². The van der Waals surface area contributed by atoms with E-state index in [1.165, 1.54) is 0 Å². The molecule has 1 atom stereocenters. The number of nitrogens with zero attached hydrogens (tertiary/aromatic N) is 1. The molecular formula is C21H25NO6S. The second kappa shape index (κ2) is 7.82. The van der Waals surface area contributed by atoms with E-state index in [-0.39, 0.29) is 35.3 Å². The van der Waals surface area contributed by atoms with Gasteiger partial charge in [-0.25, -0.2) is 13.2 Å². The number of hydrogen-bond donors (Lipinski definition) is 0. The van der Waals surface area contributed by atoms with E-state index >= 15 is 0 Å². The zero-order chi connectivity index (χ0) is 20.6. The Morgan fingerprint density at radius 1 is 1.14 bits per heavy atom. The van der Waals surface area contributed by atoms with E-state index in [2.05, 4.69) is 0 Å². The highest BCUT2D eigenvalue weighted by Crippen LogP contribution is 2.30. The number of hydrogen-bond acceptors (Lipinski definition) is 6. The summed E-state index contributed by atoms with van der Waals surface area (Å²) >= 11 is 0. The monoisotopic (exact) mass is 419 g/mol. The number of amides is 1. The number of ether oxygens (including phenoxy) is 1. The Bertz CT molecular complexity index is 1030. The lowest BCUT2D eigenvalue weighted by Crippen LogP contribution is -2.48. The van der Waals surface area contributed by atoms with Crippen LogP contribution in [0, 0.1) is 6.92 Å². The minimum absolute atomic E-state index is 0.00807. The third-order valence-electron chi connectivity index (χ3n) is 5.96. The van der Waals surface area contributed by atoms with Crippen LogP contribution in [0.1, 0.15) is 48.2 Å². The third kappa shape index (κ3) is 4.03.